The van der Waals surface area contributed by atoms with Gasteiger partial charge in [0.2, 0.25) is 29.5 Å². The van der Waals surface area contributed by atoms with Gasteiger partial charge in [0, 0.05) is 6.42 Å². The fourth-order valence-corrected chi connectivity index (χ4v) is 3.27. The lowest BCUT2D eigenvalue weighted by molar-refractivity contribution is -0.144. The summed E-state index contributed by atoms with van der Waals surface area (Å²) >= 11 is 0. The summed E-state index contributed by atoms with van der Waals surface area (Å²) in [6.07, 6.45) is -0.651. The number of carboxylic acids is 1. The first-order valence-electron chi connectivity index (χ1n) is 11.4. The zero-order chi connectivity index (χ0) is 27.4. The Bertz CT molecular complexity index is 956. The van der Waals surface area contributed by atoms with Gasteiger partial charge in [-0.2, -0.15) is 0 Å². The largest absolute Gasteiger partial charge is 0.480 e. The van der Waals surface area contributed by atoms with Crippen molar-refractivity contribution in [1.29, 1.82) is 0 Å². The quantitative estimate of drug-likeness (QED) is 0.139. The molecule has 5 amide bonds. The molecule has 198 valence electrons. The van der Waals surface area contributed by atoms with Gasteiger partial charge in [-0.05, 0) is 11.5 Å². The molecular weight excluding hydrogens is 472 g/mol. The second-order valence-electron chi connectivity index (χ2n) is 8.47. The Kier molecular flexibility index (Phi) is 12.0. The number of hydrogen-bond acceptors (Lipinski definition) is 7. The number of aliphatic carboxylic acids is 1. The molecule has 1 aromatic carbocycles. The molecule has 36 heavy (non-hydrogen) atoms. The van der Waals surface area contributed by atoms with Crippen LogP contribution < -0.4 is 33.2 Å². The van der Waals surface area contributed by atoms with Crippen LogP contribution in [0.25, 0.3) is 0 Å². The summed E-state index contributed by atoms with van der Waals surface area (Å²) in [5, 5.41) is 16.7. The van der Waals surface area contributed by atoms with Crippen molar-refractivity contribution in [2.75, 3.05) is 0 Å². The lowest BCUT2D eigenvalue weighted by atomic mass is 9.98. The average molecular weight is 507 g/mol. The van der Waals surface area contributed by atoms with Gasteiger partial charge in [0.1, 0.15) is 18.1 Å². The number of carbonyl (C=O) groups excluding carboxylic acids is 5. The summed E-state index contributed by atoms with van der Waals surface area (Å²) in [7, 11) is 0. The minimum Gasteiger partial charge on any atom is -0.480 e. The number of carbonyl (C=O) groups is 6. The number of nitrogens with one attached hydrogen (secondary N) is 3. The zero-order valence-electron chi connectivity index (χ0n) is 20.2. The summed E-state index contributed by atoms with van der Waals surface area (Å²) < 4.78 is 0. The molecule has 0 aliphatic rings. The number of carboxylic acid groups (broad SMARTS) is 1. The number of hydrogen-bond donors (Lipinski definition) is 7. The van der Waals surface area contributed by atoms with E-state index in [9.17, 15) is 33.9 Å². The highest BCUT2D eigenvalue weighted by Gasteiger charge is 2.32. The smallest absolute Gasteiger partial charge is 0.326 e. The van der Waals surface area contributed by atoms with Gasteiger partial charge < -0.3 is 38.3 Å². The molecule has 10 N–H and O–H groups in total. The van der Waals surface area contributed by atoms with Gasteiger partial charge in [-0.1, -0.05) is 50.6 Å². The Hall–Kier alpha value is -4.00. The Balaban J connectivity index is 3.16. The maximum absolute atomic E-state index is 13.1. The number of amides is 5. The van der Waals surface area contributed by atoms with Crippen molar-refractivity contribution in [3.63, 3.8) is 0 Å². The molecule has 0 bridgehead atoms. The van der Waals surface area contributed by atoms with Gasteiger partial charge in [0.05, 0.1) is 18.9 Å². The molecular formula is C23H34N6O7. The standard InChI is InChI=1S/C23H34N6O7/c1-3-12(2)19(23(35)36)29-22(34)15(9-13-7-5-4-6-8-13)28-21(33)16(11-18(26)31)27-20(32)14(24)10-17(25)30/h4-8,12,14-16,19H,3,9-11,24H2,1-2H3,(H2,25,30)(H2,26,31)(H,27,32)(H,28,33)(H,29,34)(H,35,36). The third kappa shape index (κ3) is 10.1. The number of rotatable bonds is 15. The molecule has 0 aliphatic heterocycles. The van der Waals surface area contributed by atoms with Gasteiger partial charge >= 0.3 is 5.97 Å². The predicted octanol–water partition coefficient (Wildman–Crippen LogP) is -2.11. The van der Waals surface area contributed by atoms with Gasteiger partial charge in [-0.3, -0.25) is 24.0 Å². The van der Waals surface area contributed by atoms with Crippen LogP contribution in [0.4, 0.5) is 0 Å². The fraction of sp³-hybridized carbons (Fsp3) is 0.478. The normalized spacial score (nSPS) is 14.9. The van der Waals surface area contributed by atoms with E-state index < -0.39 is 78.4 Å². The average Bonchev–Trinajstić information content (AvgIpc) is 2.80. The monoisotopic (exact) mass is 506 g/mol. The van der Waals surface area contributed by atoms with Crippen LogP contribution in [0, 0.1) is 5.92 Å². The number of primary amides is 2. The van der Waals surface area contributed by atoms with Crippen molar-refractivity contribution in [2.45, 2.75) is 63.7 Å². The second-order valence-corrected chi connectivity index (χ2v) is 8.47. The van der Waals surface area contributed by atoms with Gasteiger partial charge in [-0.15, -0.1) is 0 Å². The third-order valence-electron chi connectivity index (χ3n) is 5.49. The van der Waals surface area contributed by atoms with E-state index in [0.29, 0.717) is 12.0 Å². The SMILES string of the molecule is CCC(C)C(NC(=O)C(Cc1ccccc1)NC(=O)C(CC(N)=O)NC(=O)C(N)CC(N)=O)C(=O)O. The van der Waals surface area contributed by atoms with E-state index in [1.165, 1.54) is 0 Å². The fourth-order valence-electron chi connectivity index (χ4n) is 3.27. The lowest BCUT2D eigenvalue weighted by Crippen LogP contribution is -2.59. The molecule has 0 saturated carbocycles. The highest BCUT2D eigenvalue weighted by Crippen LogP contribution is 2.10. The van der Waals surface area contributed by atoms with Crippen LogP contribution in [0.15, 0.2) is 30.3 Å². The molecule has 0 aliphatic carbocycles. The topological polar surface area (TPSA) is 237 Å². The minimum absolute atomic E-state index is 0.0102. The number of benzene rings is 1. The Morgan fingerprint density at radius 2 is 1.36 bits per heavy atom. The molecule has 13 heteroatoms. The van der Waals surface area contributed by atoms with E-state index in [0.717, 1.165) is 0 Å². The van der Waals surface area contributed by atoms with Crippen molar-refractivity contribution in [1.82, 2.24) is 16.0 Å². The van der Waals surface area contributed by atoms with E-state index in [2.05, 4.69) is 16.0 Å². The summed E-state index contributed by atoms with van der Waals surface area (Å²) in [5.41, 5.74) is 16.5. The predicted molar refractivity (Wildman–Crippen MR) is 129 cm³/mol. The summed E-state index contributed by atoms with van der Waals surface area (Å²) in [6, 6.07) is 3.29. The van der Waals surface area contributed by atoms with Crippen LogP contribution in [0.2, 0.25) is 0 Å². The molecule has 1 rings (SSSR count). The van der Waals surface area contributed by atoms with E-state index in [1.807, 2.05) is 0 Å². The second kappa shape index (κ2) is 14.4. The first kappa shape index (κ1) is 30.0. The Morgan fingerprint density at radius 1 is 0.833 bits per heavy atom. The summed E-state index contributed by atoms with van der Waals surface area (Å²) in [6.45, 7) is 3.44. The van der Waals surface area contributed by atoms with Crippen molar-refractivity contribution in [3.8, 4) is 0 Å². The van der Waals surface area contributed by atoms with Gasteiger partial charge in [0.25, 0.3) is 0 Å². The number of nitrogens with two attached hydrogens (primary N) is 3. The van der Waals surface area contributed by atoms with Crippen LogP contribution in [0.3, 0.4) is 0 Å². The lowest BCUT2D eigenvalue weighted by Gasteiger charge is -2.26. The maximum atomic E-state index is 13.1. The molecule has 0 heterocycles. The maximum Gasteiger partial charge on any atom is 0.326 e. The van der Waals surface area contributed by atoms with Crippen LogP contribution >= 0.6 is 0 Å². The Morgan fingerprint density at radius 3 is 1.86 bits per heavy atom. The molecule has 13 nitrogen and oxygen atoms in total. The van der Waals surface area contributed by atoms with Gasteiger partial charge in [0.15, 0.2) is 0 Å². The molecule has 0 spiro atoms. The van der Waals surface area contributed by atoms with Crippen molar-refractivity contribution in [2.24, 2.45) is 23.1 Å². The summed E-state index contributed by atoms with van der Waals surface area (Å²) in [4.78, 5) is 72.6. The first-order valence-corrected chi connectivity index (χ1v) is 11.4. The molecule has 1 aromatic rings. The zero-order valence-corrected chi connectivity index (χ0v) is 20.2. The van der Waals surface area contributed by atoms with Crippen molar-refractivity contribution >= 4 is 35.5 Å². The van der Waals surface area contributed by atoms with Gasteiger partial charge in [-0.25, -0.2) is 4.79 Å². The van der Waals surface area contributed by atoms with Crippen LogP contribution in [-0.4, -0.2) is 64.8 Å². The molecule has 0 saturated heterocycles. The molecule has 5 unspecified atom stereocenters. The molecule has 0 fully saturated rings. The first-order chi connectivity index (χ1) is 16.8. The molecule has 5 atom stereocenters. The van der Waals surface area contributed by atoms with Crippen molar-refractivity contribution in [3.05, 3.63) is 35.9 Å². The highest BCUT2D eigenvalue weighted by atomic mass is 16.4. The van der Waals surface area contributed by atoms with E-state index in [4.69, 9.17) is 17.2 Å². The third-order valence-corrected chi connectivity index (χ3v) is 5.49. The Labute approximate surface area is 208 Å². The van der Waals surface area contributed by atoms with Crippen LogP contribution in [0.1, 0.15) is 38.7 Å². The summed E-state index contributed by atoms with van der Waals surface area (Å²) in [5.74, 6) is -6.03. The highest BCUT2D eigenvalue weighted by molar-refractivity contribution is 5.97. The minimum atomic E-state index is -1.51. The molecule has 0 aromatic heterocycles. The molecule has 0 radical (unpaired) electrons. The van der Waals surface area contributed by atoms with Crippen molar-refractivity contribution < 1.29 is 33.9 Å². The van der Waals surface area contributed by atoms with E-state index in [1.54, 1.807) is 44.2 Å². The van der Waals surface area contributed by atoms with Crippen LogP contribution in [-0.2, 0) is 35.2 Å². The van der Waals surface area contributed by atoms with E-state index in [-0.39, 0.29) is 6.42 Å². The van der Waals surface area contributed by atoms with Crippen LogP contribution in [0.5, 0.6) is 0 Å². The van der Waals surface area contributed by atoms with E-state index >= 15 is 0 Å².